The zero-order valence-corrected chi connectivity index (χ0v) is 8.82. The number of benzene rings is 1. The molecule has 3 rings (SSSR count). The van der Waals surface area contributed by atoms with E-state index in [4.69, 9.17) is 4.74 Å². The van der Waals surface area contributed by atoms with E-state index >= 15 is 0 Å². The molecule has 16 heavy (non-hydrogen) atoms. The lowest BCUT2D eigenvalue weighted by Gasteiger charge is -1.96. The van der Waals surface area contributed by atoms with Crippen molar-refractivity contribution in [2.24, 2.45) is 0 Å². The Morgan fingerprint density at radius 3 is 2.94 bits per heavy atom. The first kappa shape index (κ1) is 9.03. The molecule has 2 heterocycles. The third-order valence-corrected chi connectivity index (χ3v) is 2.54. The summed E-state index contributed by atoms with van der Waals surface area (Å²) >= 11 is 0. The minimum atomic E-state index is 0.828. The second kappa shape index (κ2) is 3.41. The van der Waals surface area contributed by atoms with E-state index in [1.165, 1.54) is 0 Å². The number of aromatic amines is 2. The normalized spacial score (nSPS) is 10.8. The van der Waals surface area contributed by atoms with Crippen LogP contribution in [-0.4, -0.2) is 22.1 Å². The van der Waals surface area contributed by atoms with Crippen molar-refractivity contribution in [3.8, 4) is 17.3 Å². The molecule has 2 aromatic heterocycles. The Labute approximate surface area is 92.3 Å². The van der Waals surface area contributed by atoms with Crippen molar-refractivity contribution in [3.05, 3.63) is 36.5 Å². The maximum absolute atomic E-state index is 5.17. The highest BCUT2D eigenvalue weighted by atomic mass is 16.5. The molecule has 0 radical (unpaired) electrons. The van der Waals surface area contributed by atoms with Crippen LogP contribution in [0.25, 0.3) is 22.6 Å². The molecule has 0 amide bonds. The topological polar surface area (TPSA) is 53.7 Å². The van der Waals surface area contributed by atoms with Crippen molar-refractivity contribution in [2.75, 3.05) is 7.11 Å². The van der Waals surface area contributed by atoms with Crippen LogP contribution >= 0.6 is 0 Å². The van der Waals surface area contributed by atoms with Crippen LogP contribution in [0.3, 0.4) is 0 Å². The number of hydrogen-bond acceptors (Lipinski definition) is 2. The molecule has 0 aliphatic rings. The highest BCUT2D eigenvalue weighted by molar-refractivity contribution is 5.80. The highest BCUT2D eigenvalue weighted by Crippen LogP contribution is 2.22. The van der Waals surface area contributed by atoms with Crippen LogP contribution in [0.4, 0.5) is 0 Å². The van der Waals surface area contributed by atoms with Crippen LogP contribution in [0.5, 0.6) is 5.75 Å². The average molecular weight is 213 g/mol. The molecule has 0 fully saturated rings. The van der Waals surface area contributed by atoms with E-state index in [2.05, 4.69) is 15.0 Å². The zero-order valence-electron chi connectivity index (χ0n) is 8.82. The fraction of sp³-hybridized carbons (Fsp3) is 0.0833. The number of fused-ring (bicyclic) bond motifs is 1. The molecule has 0 aliphatic heterocycles. The maximum atomic E-state index is 5.17. The average Bonchev–Trinajstić information content (AvgIpc) is 2.96. The molecule has 4 nitrogen and oxygen atoms in total. The standard InChI is InChI=1S/C12H11N3O/c1-16-8-4-5-9-11(7-8)15-12(14-9)10-3-2-6-13-10/h2-7,13H,1H3,(H,14,15). The summed E-state index contributed by atoms with van der Waals surface area (Å²) in [7, 11) is 1.66. The van der Waals surface area contributed by atoms with Crippen LogP contribution in [0.2, 0.25) is 0 Å². The van der Waals surface area contributed by atoms with Gasteiger partial charge in [0.1, 0.15) is 5.75 Å². The summed E-state index contributed by atoms with van der Waals surface area (Å²) in [6.07, 6.45) is 1.88. The van der Waals surface area contributed by atoms with Gasteiger partial charge in [-0.05, 0) is 24.3 Å². The third kappa shape index (κ3) is 1.35. The molecule has 0 spiro atoms. The van der Waals surface area contributed by atoms with E-state index in [1.54, 1.807) is 7.11 Å². The number of rotatable bonds is 2. The predicted octanol–water partition coefficient (Wildman–Crippen LogP) is 2.57. The molecule has 0 unspecified atom stereocenters. The maximum Gasteiger partial charge on any atom is 0.154 e. The van der Waals surface area contributed by atoms with Gasteiger partial charge in [0.05, 0.1) is 23.8 Å². The number of nitrogens with zero attached hydrogens (tertiary/aromatic N) is 1. The largest absolute Gasteiger partial charge is 0.497 e. The quantitative estimate of drug-likeness (QED) is 0.687. The first-order valence-electron chi connectivity index (χ1n) is 5.04. The Balaban J connectivity index is 2.16. The van der Waals surface area contributed by atoms with Crippen molar-refractivity contribution < 1.29 is 4.74 Å². The van der Waals surface area contributed by atoms with Crippen LogP contribution in [0, 0.1) is 0 Å². The number of imidazole rings is 1. The van der Waals surface area contributed by atoms with Gasteiger partial charge < -0.3 is 14.7 Å². The molecule has 2 N–H and O–H groups in total. The van der Waals surface area contributed by atoms with Crippen molar-refractivity contribution in [2.45, 2.75) is 0 Å². The fourth-order valence-electron chi connectivity index (χ4n) is 1.72. The van der Waals surface area contributed by atoms with Gasteiger partial charge in [-0.1, -0.05) is 0 Å². The summed E-state index contributed by atoms with van der Waals surface area (Å²) in [6.45, 7) is 0. The van der Waals surface area contributed by atoms with Crippen LogP contribution < -0.4 is 4.74 Å². The smallest absolute Gasteiger partial charge is 0.154 e. The predicted molar refractivity (Wildman–Crippen MR) is 62.4 cm³/mol. The number of methoxy groups -OCH3 is 1. The minimum Gasteiger partial charge on any atom is -0.497 e. The number of nitrogens with one attached hydrogen (secondary N) is 2. The monoisotopic (exact) mass is 213 g/mol. The van der Waals surface area contributed by atoms with Crippen LogP contribution in [-0.2, 0) is 0 Å². The third-order valence-electron chi connectivity index (χ3n) is 2.54. The zero-order chi connectivity index (χ0) is 11.0. The Morgan fingerprint density at radius 2 is 2.19 bits per heavy atom. The van der Waals surface area contributed by atoms with Gasteiger partial charge >= 0.3 is 0 Å². The summed E-state index contributed by atoms with van der Waals surface area (Å²) in [4.78, 5) is 10.9. The summed E-state index contributed by atoms with van der Waals surface area (Å²) in [5, 5.41) is 0. The van der Waals surface area contributed by atoms with Crippen LogP contribution in [0.1, 0.15) is 0 Å². The molecule has 4 heteroatoms. The molecular weight excluding hydrogens is 202 g/mol. The van der Waals surface area contributed by atoms with Crippen molar-refractivity contribution >= 4 is 11.0 Å². The molecule has 80 valence electrons. The van der Waals surface area contributed by atoms with Gasteiger partial charge in [-0.15, -0.1) is 0 Å². The second-order valence-electron chi connectivity index (χ2n) is 3.55. The Bertz CT molecular complexity index is 610. The summed E-state index contributed by atoms with van der Waals surface area (Å²) in [6, 6.07) is 9.71. The van der Waals surface area contributed by atoms with E-state index in [1.807, 2.05) is 36.5 Å². The summed E-state index contributed by atoms with van der Waals surface area (Å²) in [5.74, 6) is 1.67. The Morgan fingerprint density at radius 1 is 1.25 bits per heavy atom. The van der Waals surface area contributed by atoms with E-state index in [0.29, 0.717) is 0 Å². The first-order valence-corrected chi connectivity index (χ1v) is 5.04. The van der Waals surface area contributed by atoms with Crippen LogP contribution in [0.15, 0.2) is 36.5 Å². The van der Waals surface area contributed by atoms with Gasteiger partial charge in [0.25, 0.3) is 0 Å². The van der Waals surface area contributed by atoms with E-state index in [9.17, 15) is 0 Å². The van der Waals surface area contributed by atoms with Gasteiger partial charge in [0, 0.05) is 12.3 Å². The molecule has 3 aromatic rings. The van der Waals surface area contributed by atoms with Gasteiger partial charge in [-0.2, -0.15) is 0 Å². The second-order valence-corrected chi connectivity index (χ2v) is 3.55. The lowest BCUT2D eigenvalue weighted by Crippen LogP contribution is -1.81. The first-order chi connectivity index (χ1) is 7.86. The summed E-state index contributed by atoms with van der Waals surface area (Å²) in [5.41, 5.74) is 2.89. The van der Waals surface area contributed by atoms with Crippen molar-refractivity contribution in [1.29, 1.82) is 0 Å². The molecule has 1 aromatic carbocycles. The van der Waals surface area contributed by atoms with Crippen molar-refractivity contribution in [1.82, 2.24) is 15.0 Å². The van der Waals surface area contributed by atoms with E-state index in [0.717, 1.165) is 28.3 Å². The van der Waals surface area contributed by atoms with Crippen molar-refractivity contribution in [3.63, 3.8) is 0 Å². The molecule has 0 atom stereocenters. The molecule has 0 bridgehead atoms. The number of ether oxygens (including phenoxy) is 1. The molecule has 0 saturated heterocycles. The Kier molecular flexibility index (Phi) is 1.93. The number of H-pyrrole nitrogens is 2. The molecule has 0 aliphatic carbocycles. The highest BCUT2D eigenvalue weighted by Gasteiger charge is 2.06. The minimum absolute atomic E-state index is 0.828. The molecule has 0 saturated carbocycles. The van der Waals surface area contributed by atoms with E-state index < -0.39 is 0 Å². The number of aromatic nitrogens is 3. The fourth-order valence-corrected chi connectivity index (χ4v) is 1.72. The lowest BCUT2D eigenvalue weighted by atomic mass is 10.3. The van der Waals surface area contributed by atoms with Gasteiger partial charge in [-0.25, -0.2) is 4.98 Å². The molecular formula is C12H11N3O. The van der Waals surface area contributed by atoms with E-state index in [-0.39, 0.29) is 0 Å². The lowest BCUT2D eigenvalue weighted by molar-refractivity contribution is 0.415. The van der Waals surface area contributed by atoms with Gasteiger partial charge in [0.2, 0.25) is 0 Å². The summed E-state index contributed by atoms with van der Waals surface area (Å²) < 4.78 is 5.17. The Hall–Kier alpha value is -2.23. The van der Waals surface area contributed by atoms with Gasteiger partial charge in [-0.3, -0.25) is 0 Å². The SMILES string of the molecule is COc1ccc2nc(-c3ccc[nH]3)[nH]c2c1. The number of hydrogen-bond donors (Lipinski definition) is 2. The van der Waals surface area contributed by atoms with Gasteiger partial charge in [0.15, 0.2) is 5.82 Å².